The van der Waals surface area contributed by atoms with E-state index in [4.69, 9.17) is 5.11 Å². The molecule has 0 aliphatic carbocycles. The maximum atomic E-state index is 10.4. The van der Waals surface area contributed by atoms with Gasteiger partial charge in [0.1, 0.15) is 5.75 Å². The predicted molar refractivity (Wildman–Crippen MR) is 32.2 cm³/mol. The first-order chi connectivity index (χ1) is 4.29. The maximum Gasteiger partial charge on any atom is 0.269 e. The molecule has 1 aromatic heterocycles. The van der Waals surface area contributed by atoms with E-state index in [0.717, 1.165) is 0 Å². The van der Waals surface area contributed by atoms with Crippen molar-refractivity contribution in [1.29, 1.82) is 0 Å². The summed E-state index contributed by atoms with van der Waals surface area (Å²) in [6, 6.07) is 3.85. The number of aromatic hydroxyl groups is 1. The van der Waals surface area contributed by atoms with Gasteiger partial charge in [-0.05, 0) is 12.1 Å². The second-order valence-electron chi connectivity index (χ2n) is 1.54. The van der Waals surface area contributed by atoms with Gasteiger partial charge in [0.25, 0.3) is 5.56 Å². The molecule has 3 nitrogen and oxygen atoms in total. The summed E-state index contributed by atoms with van der Waals surface area (Å²) in [6.07, 6.45) is 1.26. The molecule has 0 aliphatic heterocycles. The Labute approximate surface area is 51.6 Å². The highest BCUT2D eigenvalue weighted by molar-refractivity contribution is 5.14. The zero-order valence-electron chi connectivity index (χ0n) is 4.61. The molecule has 0 saturated heterocycles. The topological polar surface area (TPSA) is 50.2 Å². The van der Waals surface area contributed by atoms with Crippen LogP contribution in [0.25, 0.3) is 0 Å². The van der Waals surface area contributed by atoms with Gasteiger partial charge in [-0.15, -0.1) is 0 Å². The van der Waals surface area contributed by atoms with Gasteiger partial charge in [-0.3, -0.25) is 4.79 Å². The summed E-state index contributed by atoms with van der Waals surface area (Å²) in [6.45, 7) is 0. The average molecular weight is 123 g/mol. The van der Waals surface area contributed by atoms with E-state index in [0.29, 0.717) is 0 Å². The molecule has 1 aromatic rings. The second-order valence-corrected chi connectivity index (χ2v) is 1.54. The zero-order valence-corrected chi connectivity index (χ0v) is 4.61. The molecule has 0 saturated carbocycles. The number of rotatable bonds is 0. The van der Waals surface area contributed by atoms with Crippen LogP contribution in [0.5, 0.6) is 5.75 Å². The Balaban J connectivity index is 3.33. The van der Waals surface area contributed by atoms with E-state index in [-0.39, 0.29) is 11.3 Å². The van der Waals surface area contributed by atoms with Gasteiger partial charge in [0.05, 0.1) is 0 Å². The van der Waals surface area contributed by atoms with E-state index < -0.39 is 0 Å². The quantitative estimate of drug-likeness (QED) is 0.534. The fourth-order valence-corrected chi connectivity index (χ4v) is 0.442. The van der Waals surface area contributed by atoms with Crippen LogP contribution < -0.4 is 5.56 Å². The lowest BCUT2D eigenvalue weighted by Crippen LogP contribution is -1.95. The molecular weight excluding hydrogens is 118 g/mol. The zero-order chi connectivity index (χ0) is 6.69. The van der Waals surface area contributed by atoms with Gasteiger partial charge in [0.2, 0.25) is 0 Å². The number of nitrogens with zero attached hydrogens (tertiary/aromatic N) is 1. The molecule has 0 aliphatic rings. The highest BCUT2D eigenvalue weighted by Crippen LogP contribution is 1.98. The average Bonchev–Trinajstić information content (AvgIpc) is 1.97. The monoisotopic (exact) mass is 123 g/mol. The van der Waals surface area contributed by atoms with Gasteiger partial charge >= 0.3 is 0 Å². The third kappa shape index (κ3) is 1.53. The summed E-state index contributed by atoms with van der Waals surface area (Å²) in [5, 5.41) is 8.74. The van der Waals surface area contributed by atoms with Crippen LogP contribution in [0, 0.1) is 0 Å². The van der Waals surface area contributed by atoms with Crippen molar-refractivity contribution in [2.75, 3.05) is 0 Å². The van der Waals surface area contributed by atoms with Crippen LogP contribution in [-0.4, -0.2) is 10.1 Å². The third-order valence-electron chi connectivity index (χ3n) is 0.844. The lowest BCUT2D eigenvalue weighted by Gasteiger charge is -1.74. The van der Waals surface area contributed by atoms with Gasteiger partial charge in [0, 0.05) is 12.3 Å². The van der Waals surface area contributed by atoms with Gasteiger partial charge < -0.3 is 5.11 Å². The first-order valence-corrected chi connectivity index (χ1v) is 2.44. The molecule has 0 radical (unpaired) electrons. The van der Waals surface area contributed by atoms with Crippen molar-refractivity contribution in [1.82, 2.24) is 4.98 Å². The minimum Gasteiger partial charge on any atom is -0.508 e. The fourth-order valence-electron chi connectivity index (χ4n) is 0.442. The Morgan fingerprint density at radius 1 is 1.33 bits per heavy atom. The molecule has 0 atom stereocenters. The summed E-state index contributed by atoms with van der Waals surface area (Å²) in [4.78, 5) is 13.8. The first kappa shape index (κ1) is 5.75. The maximum absolute atomic E-state index is 10.4. The van der Waals surface area contributed by atoms with Crippen molar-refractivity contribution in [3.63, 3.8) is 0 Å². The molecule has 1 heterocycles. The minimum absolute atomic E-state index is 0.0459. The number of hydrogen-bond donors (Lipinski definition) is 1. The summed E-state index contributed by atoms with van der Waals surface area (Å²) < 4.78 is 0. The SMILES string of the molecule is O=c1ccc(O)ccn1. The summed E-state index contributed by atoms with van der Waals surface area (Å²) in [7, 11) is 0. The van der Waals surface area contributed by atoms with Crippen LogP contribution in [0.4, 0.5) is 0 Å². The molecule has 1 rings (SSSR count). The van der Waals surface area contributed by atoms with E-state index in [9.17, 15) is 4.79 Å². The minimum atomic E-state index is -0.352. The number of hydrogen-bond acceptors (Lipinski definition) is 3. The molecule has 0 bridgehead atoms. The molecule has 46 valence electrons. The Hall–Kier alpha value is -1.38. The van der Waals surface area contributed by atoms with E-state index in [2.05, 4.69) is 4.98 Å². The van der Waals surface area contributed by atoms with Crippen LogP contribution in [0.2, 0.25) is 0 Å². The highest BCUT2D eigenvalue weighted by Gasteiger charge is 1.80. The molecular formula is C6H5NO2. The molecule has 0 spiro atoms. The molecule has 9 heavy (non-hydrogen) atoms. The van der Waals surface area contributed by atoms with Gasteiger partial charge in [-0.25, -0.2) is 4.98 Å². The van der Waals surface area contributed by atoms with Crippen LogP contribution in [-0.2, 0) is 0 Å². The number of aromatic nitrogens is 1. The van der Waals surface area contributed by atoms with Crippen molar-refractivity contribution < 1.29 is 5.11 Å². The third-order valence-corrected chi connectivity index (χ3v) is 0.844. The fraction of sp³-hybridized carbons (Fsp3) is 0. The van der Waals surface area contributed by atoms with Gasteiger partial charge in [-0.2, -0.15) is 0 Å². The Kier molecular flexibility index (Phi) is 1.44. The van der Waals surface area contributed by atoms with E-state index >= 15 is 0 Å². The lowest BCUT2D eigenvalue weighted by molar-refractivity contribution is 0.476. The van der Waals surface area contributed by atoms with Crippen LogP contribution >= 0.6 is 0 Å². The second kappa shape index (κ2) is 2.26. The summed E-state index contributed by atoms with van der Waals surface area (Å²) >= 11 is 0. The molecule has 0 fully saturated rings. The Bertz CT molecular complexity index is 259. The molecule has 1 N–H and O–H groups in total. The van der Waals surface area contributed by atoms with Crippen LogP contribution in [0.1, 0.15) is 0 Å². The lowest BCUT2D eigenvalue weighted by atomic mass is 10.5. The highest BCUT2D eigenvalue weighted by atomic mass is 16.3. The normalized spacial score (nSPS) is 8.89. The van der Waals surface area contributed by atoms with E-state index in [1.54, 1.807) is 0 Å². The largest absolute Gasteiger partial charge is 0.508 e. The van der Waals surface area contributed by atoms with Gasteiger partial charge in [0.15, 0.2) is 0 Å². The van der Waals surface area contributed by atoms with Crippen molar-refractivity contribution in [3.05, 3.63) is 34.7 Å². The smallest absolute Gasteiger partial charge is 0.269 e. The molecule has 0 amide bonds. The van der Waals surface area contributed by atoms with E-state index in [1.807, 2.05) is 0 Å². The summed E-state index contributed by atoms with van der Waals surface area (Å²) in [5.41, 5.74) is -0.352. The van der Waals surface area contributed by atoms with Crippen molar-refractivity contribution >= 4 is 0 Å². The van der Waals surface area contributed by atoms with Crippen LogP contribution in [0.3, 0.4) is 0 Å². The van der Waals surface area contributed by atoms with E-state index in [1.165, 1.54) is 24.4 Å². The van der Waals surface area contributed by atoms with Crippen molar-refractivity contribution in [2.45, 2.75) is 0 Å². The standard InChI is InChI=1S/C6H5NO2/c8-5-1-2-6(9)7-4-3-5/h1-4,8H. The predicted octanol–water partition coefficient (Wildman–Crippen LogP) is 0.147. The molecule has 3 heteroatoms. The Morgan fingerprint density at radius 3 is 2.89 bits per heavy atom. The van der Waals surface area contributed by atoms with Gasteiger partial charge in [-0.1, -0.05) is 0 Å². The molecule has 0 unspecified atom stereocenters. The first-order valence-electron chi connectivity index (χ1n) is 2.44. The summed E-state index contributed by atoms with van der Waals surface area (Å²) in [5.74, 6) is 0.0459. The van der Waals surface area contributed by atoms with Crippen molar-refractivity contribution in [2.24, 2.45) is 0 Å². The molecule has 0 aromatic carbocycles. The Morgan fingerprint density at radius 2 is 2.11 bits per heavy atom. The van der Waals surface area contributed by atoms with Crippen LogP contribution in [0.15, 0.2) is 29.2 Å². The van der Waals surface area contributed by atoms with Crippen molar-refractivity contribution in [3.8, 4) is 5.75 Å².